The van der Waals surface area contributed by atoms with Crippen molar-refractivity contribution >= 4 is 40.2 Å². The van der Waals surface area contributed by atoms with E-state index in [0.29, 0.717) is 34.2 Å². The van der Waals surface area contributed by atoms with Crippen LogP contribution < -0.4 is 28.4 Å². The first-order chi connectivity index (χ1) is 28.3. The molecule has 0 bridgehead atoms. The summed E-state index contributed by atoms with van der Waals surface area (Å²) in [4.78, 5) is 36.2. The molecule has 3 rings (SSSR count). The number of ether oxygens (including phenoxy) is 6. The van der Waals surface area contributed by atoms with Crippen LogP contribution in [0.2, 0.25) is 36.3 Å². The highest BCUT2D eigenvalue weighted by Gasteiger charge is 2.40. The molecule has 0 saturated carbocycles. The number of esters is 3. The van der Waals surface area contributed by atoms with Crippen molar-refractivity contribution in [2.24, 2.45) is 0 Å². The van der Waals surface area contributed by atoms with Crippen LogP contribution >= 0.6 is 0 Å². The van der Waals surface area contributed by atoms with E-state index in [4.69, 9.17) is 37.3 Å². The first kappa shape index (κ1) is 51.9. The third-order valence-electron chi connectivity index (χ3n) is 10.7. The molecule has 336 valence electrons. The van der Waals surface area contributed by atoms with Crippen molar-refractivity contribution in [3.63, 3.8) is 0 Å². The summed E-state index contributed by atoms with van der Waals surface area (Å²) in [5.41, 5.74) is 2.43. The molecule has 0 spiro atoms. The smallest absolute Gasteiger partial charge is 0.337 e. The highest BCUT2D eigenvalue weighted by Crippen LogP contribution is 2.43. The van der Waals surface area contributed by atoms with Crippen molar-refractivity contribution < 1.29 is 51.7 Å². The van der Waals surface area contributed by atoms with Gasteiger partial charge >= 0.3 is 17.9 Å². The van der Waals surface area contributed by atoms with Crippen molar-refractivity contribution in [2.75, 3.05) is 39.9 Å². The second kappa shape index (κ2) is 22.0. The quantitative estimate of drug-likeness (QED) is 0.0563. The summed E-state index contributed by atoms with van der Waals surface area (Å²) in [6.07, 6.45) is -0.908. The van der Waals surface area contributed by atoms with Gasteiger partial charge in [-0.25, -0.2) is 9.59 Å². The van der Waals surface area contributed by atoms with Crippen molar-refractivity contribution in [3.05, 3.63) is 96.1 Å². The molecule has 61 heavy (non-hydrogen) atoms. The molecular weight excluding hydrogens is 811 g/mol. The van der Waals surface area contributed by atoms with Gasteiger partial charge in [-0.15, -0.1) is 0 Å². The van der Waals surface area contributed by atoms with E-state index in [1.165, 1.54) is 6.92 Å². The molecule has 1 unspecified atom stereocenters. The van der Waals surface area contributed by atoms with E-state index in [1.54, 1.807) is 59.4 Å². The predicted octanol–water partition coefficient (Wildman–Crippen LogP) is 11.2. The molecule has 14 heteroatoms. The van der Waals surface area contributed by atoms with Gasteiger partial charge < -0.3 is 42.6 Å². The summed E-state index contributed by atoms with van der Waals surface area (Å²) >= 11 is 0. The largest absolute Gasteiger partial charge is 0.543 e. The molecule has 0 heterocycles. The van der Waals surface area contributed by atoms with E-state index in [2.05, 4.69) is 86.2 Å². The third kappa shape index (κ3) is 14.4. The maximum Gasteiger partial charge on any atom is 0.337 e. The summed E-state index contributed by atoms with van der Waals surface area (Å²) in [7, 11) is 0.580. The SMILES string of the molecule is C=C(C(=O)OCC)C(OC(C)=O)c1cccc(O[Si](C)(C)C(C)(C)C)c1.C=C(C(=O)OCC)[C@@H](Nc1cc(OC)c(OC)c(OC)c1)c1cccc(O[Si](C)(C)C(C)(C)C)c1. The minimum absolute atomic E-state index is 0.0470. The number of carbonyl (C=O) groups is 3. The van der Waals surface area contributed by atoms with Crippen molar-refractivity contribution in [2.45, 2.75) is 111 Å². The Balaban J connectivity index is 0.000000440. The fourth-order valence-corrected chi connectivity index (χ4v) is 7.32. The van der Waals surface area contributed by atoms with Gasteiger partial charge in [-0.05, 0) is 79.9 Å². The Bertz CT molecular complexity index is 1970. The first-order valence-electron chi connectivity index (χ1n) is 20.3. The zero-order chi connectivity index (χ0) is 46.5. The number of nitrogens with one attached hydrogen (secondary N) is 1. The van der Waals surface area contributed by atoms with Crippen LogP contribution in [0.15, 0.2) is 85.0 Å². The average Bonchev–Trinajstić information content (AvgIpc) is 3.17. The number of hydrogen-bond donors (Lipinski definition) is 1. The monoisotopic (exact) mass is 879 g/mol. The van der Waals surface area contributed by atoms with Gasteiger partial charge in [0.15, 0.2) is 17.6 Å². The van der Waals surface area contributed by atoms with Gasteiger partial charge in [0.2, 0.25) is 22.4 Å². The molecule has 12 nitrogen and oxygen atoms in total. The molecular formula is C47H69NO11Si2. The molecule has 0 radical (unpaired) electrons. The topological polar surface area (TPSA) is 137 Å². The number of methoxy groups -OCH3 is 3. The van der Waals surface area contributed by atoms with Crippen LogP contribution in [-0.4, -0.2) is 69.1 Å². The van der Waals surface area contributed by atoms with Crippen LogP contribution in [0.3, 0.4) is 0 Å². The van der Waals surface area contributed by atoms with Crippen LogP contribution in [0.4, 0.5) is 5.69 Å². The van der Waals surface area contributed by atoms with E-state index in [0.717, 1.165) is 11.3 Å². The summed E-state index contributed by atoms with van der Waals surface area (Å²) < 4.78 is 44.8. The molecule has 3 aromatic rings. The molecule has 1 N–H and O–H groups in total. The van der Waals surface area contributed by atoms with E-state index in [-0.39, 0.29) is 34.4 Å². The van der Waals surface area contributed by atoms with Crippen LogP contribution in [0, 0.1) is 0 Å². The van der Waals surface area contributed by atoms with Gasteiger partial charge in [0.25, 0.3) is 0 Å². The van der Waals surface area contributed by atoms with Gasteiger partial charge in [-0.1, -0.05) is 79.0 Å². The molecule has 0 amide bonds. The van der Waals surface area contributed by atoms with Gasteiger partial charge in [0.1, 0.15) is 11.5 Å². The van der Waals surface area contributed by atoms with Gasteiger partial charge in [0, 0.05) is 30.3 Å². The predicted molar refractivity (Wildman–Crippen MR) is 247 cm³/mol. The standard InChI is InChI=1S/C27H39NO6Si.C20H30O5Si/c1-11-33-26(29)18(2)24(28-20-16-22(30-6)25(32-8)23(17-20)31-7)19-13-12-14-21(15-19)34-35(9,10)27(3,4)5;1-9-23-19(22)14(2)18(24-15(3)21)16-11-10-12-17(13-16)25-26(7,8)20(4,5)6/h12-17,24,28H,2,11H2,1,3-10H3;10-13,18H,2,9H2,1,3-8H3/t24-;/m1./s1. The van der Waals surface area contributed by atoms with Crippen LogP contribution in [0.1, 0.15) is 85.6 Å². The lowest BCUT2D eigenvalue weighted by molar-refractivity contribution is -0.148. The Hall–Kier alpha value is -5.22. The lowest BCUT2D eigenvalue weighted by atomic mass is 9.99. The Morgan fingerprint density at radius 2 is 1.08 bits per heavy atom. The second-order valence-corrected chi connectivity index (χ2v) is 26.8. The molecule has 0 aliphatic heterocycles. The normalized spacial score (nSPS) is 12.6. The second-order valence-electron chi connectivity index (χ2n) is 17.3. The van der Waals surface area contributed by atoms with E-state index >= 15 is 0 Å². The summed E-state index contributed by atoms with van der Waals surface area (Å²) in [6, 6.07) is 17.9. The maximum atomic E-state index is 12.7. The fourth-order valence-electron chi connectivity index (χ4n) is 5.28. The maximum absolute atomic E-state index is 12.7. The van der Waals surface area contributed by atoms with Gasteiger partial charge in [-0.2, -0.15) is 0 Å². The van der Waals surface area contributed by atoms with Gasteiger partial charge in [-0.3, -0.25) is 4.79 Å². The van der Waals surface area contributed by atoms with Crippen molar-refractivity contribution in [1.29, 1.82) is 0 Å². The number of anilines is 1. The minimum Gasteiger partial charge on any atom is -0.543 e. The lowest BCUT2D eigenvalue weighted by Crippen LogP contribution is -2.43. The van der Waals surface area contributed by atoms with Gasteiger partial charge in [0.05, 0.1) is 51.7 Å². The van der Waals surface area contributed by atoms with Crippen LogP contribution in [0.5, 0.6) is 28.7 Å². The molecule has 0 aliphatic carbocycles. The van der Waals surface area contributed by atoms with E-state index < -0.39 is 46.7 Å². The fraction of sp³-hybridized carbons (Fsp3) is 0.468. The molecule has 0 aliphatic rings. The minimum atomic E-state index is -2.06. The van der Waals surface area contributed by atoms with E-state index in [1.807, 2.05) is 36.4 Å². The highest BCUT2D eigenvalue weighted by atomic mass is 28.4. The number of hydrogen-bond acceptors (Lipinski definition) is 12. The summed E-state index contributed by atoms with van der Waals surface area (Å²) in [6.45, 7) is 34.8. The molecule has 0 fully saturated rings. The summed E-state index contributed by atoms with van der Waals surface area (Å²) in [5, 5.41) is 3.49. The number of rotatable bonds is 18. The molecule has 3 aromatic carbocycles. The molecule has 0 aromatic heterocycles. The van der Waals surface area contributed by atoms with Crippen LogP contribution in [0.25, 0.3) is 0 Å². The van der Waals surface area contributed by atoms with Crippen LogP contribution in [-0.2, 0) is 28.6 Å². The Morgan fingerprint density at radius 3 is 1.48 bits per heavy atom. The zero-order valence-corrected chi connectivity index (χ0v) is 41.2. The average molecular weight is 880 g/mol. The first-order valence-corrected chi connectivity index (χ1v) is 26.1. The van der Waals surface area contributed by atoms with E-state index in [9.17, 15) is 14.4 Å². The zero-order valence-electron chi connectivity index (χ0n) is 39.2. The van der Waals surface area contributed by atoms with Crippen molar-refractivity contribution in [1.82, 2.24) is 0 Å². The Labute approximate surface area is 366 Å². The Kier molecular flexibility index (Phi) is 18.8. The number of benzene rings is 3. The number of carbonyl (C=O) groups excluding carboxylic acids is 3. The molecule has 2 atom stereocenters. The third-order valence-corrected chi connectivity index (χ3v) is 19.4. The molecule has 0 saturated heterocycles. The van der Waals surface area contributed by atoms with Crippen molar-refractivity contribution in [3.8, 4) is 28.7 Å². The summed E-state index contributed by atoms with van der Waals surface area (Å²) in [5.74, 6) is 1.32. The Morgan fingerprint density at radius 1 is 0.656 bits per heavy atom. The lowest BCUT2D eigenvalue weighted by Gasteiger charge is -2.36. The highest BCUT2D eigenvalue weighted by molar-refractivity contribution is 6.75.